The van der Waals surface area contributed by atoms with Gasteiger partial charge in [-0.15, -0.1) is 0 Å². The van der Waals surface area contributed by atoms with E-state index in [0.29, 0.717) is 12.2 Å². The number of carbonyl (C=O) groups excluding carboxylic acids is 1. The summed E-state index contributed by atoms with van der Waals surface area (Å²) < 4.78 is 2.95. The largest absolute Gasteiger partial charge is 0.347 e. The number of pyridine rings is 1. The van der Waals surface area contributed by atoms with Gasteiger partial charge in [-0.2, -0.15) is 5.10 Å². The van der Waals surface area contributed by atoms with Gasteiger partial charge in [0, 0.05) is 32.3 Å². The molecule has 1 saturated heterocycles. The predicted octanol–water partition coefficient (Wildman–Crippen LogP) is 2.83. The van der Waals surface area contributed by atoms with Crippen LogP contribution in [0.4, 0.5) is 5.13 Å². The zero-order valence-corrected chi connectivity index (χ0v) is 14.6. The van der Waals surface area contributed by atoms with Gasteiger partial charge in [-0.1, -0.05) is 17.4 Å². The van der Waals surface area contributed by atoms with Crippen molar-refractivity contribution in [1.29, 1.82) is 0 Å². The van der Waals surface area contributed by atoms with Crippen LogP contribution < -0.4 is 4.90 Å². The number of carbonyl (C=O) groups is 1. The number of thiazole rings is 1. The van der Waals surface area contributed by atoms with Crippen LogP contribution in [0.1, 0.15) is 29.0 Å². The zero-order valence-electron chi connectivity index (χ0n) is 13.8. The highest BCUT2D eigenvalue weighted by molar-refractivity contribution is 7.22. The first kappa shape index (κ1) is 15.3. The SMILES string of the molecule is Cc1nn(C)c2nc(N3CCC[C@H](C(=O)c4ccccn4)C3)sc12. The molecule has 7 heteroatoms. The van der Waals surface area contributed by atoms with Crippen LogP contribution in [0.2, 0.25) is 0 Å². The van der Waals surface area contributed by atoms with Gasteiger partial charge in [0.1, 0.15) is 5.69 Å². The Morgan fingerprint density at radius 3 is 3.00 bits per heavy atom. The van der Waals surface area contributed by atoms with Crippen LogP contribution in [0.15, 0.2) is 24.4 Å². The number of ketones is 1. The van der Waals surface area contributed by atoms with E-state index in [4.69, 9.17) is 4.98 Å². The lowest BCUT2D eigenvalue weighted by Crippen LogP contribution is -2.39. The van der Waals surface area contributed by atoms with E-state index in [1.54, 1.807) is 23.6 Å². The van der Waals surface area contributed by atoms with E-state index in [-0.39, 0.29) is 11.7 Å². The highest BCUT2D eigenvalue weighted by Gasteiger charge is 2.29. The number of hydrogen-bond acceptors (Lipinski definition) is 6. The van der Waals surface area contributed by atoms with E-state index < -0.39 is 0 Å². The summed E-state index contributed by atoms with van der Waals surface area (Å²) in [5.74, 6) is 0.124. The van der Waals surface area contributed by atoms with Crippen molar-refractivity contribution >= 4 is 32.6 Å². The lowest BCUT2D eigenvalue weighted by atomic mass is 9.92. The minimum Gasteiger partial charge on any atom is -0.347 e. The molecule has 3 aromatic rings. The molecule has 1 atom stereocenters. The third-order valence-corrected chi connectivity index (χ3v) is 5.73. The Morgan fingerprint density at radius 2 is 2.25 bits per heavy atom. The van der Waals surface area contributed by atoms with Gasteiger partial charge in [-0.3, -0.25) is 9.78 Å². The van der Waals surface area contributed by atoms with Crippen molar-refractivity contribution in [1.82, 2.24) is 19.7 Å². The summed E-state index contributed by atoms with van der Waals surface area (Å²) >= 11 is 1.67. The maximum absolute atomic E-state index is 12.7. The first-order valence-corrected chi connectivity index (χ1v) is 8.95. The average molecular weight is 341 g/mol. The number of rotatable bonds is 3. The van der Waals surface area contributed by atoms with E-state index >= 15 is 0 Å². The van der Waals surface area contributed by atoms with Crippen LogP contribution in [-0.4, -0.2) is 38.6 Å². The number of nitrogens with zero attached hydrogens (tertiary/aromatic N) is 5. The fraction of sp³-hybridized carbons (Fsp3) is 0.412. The lowest BCUT2D eigenvalue weighted by Gasteiger charge is -2.31. The first-order chi connectivity index (χ1) is 11.6. The van der Waals surface area contributed by atoms with E-state index in [2.05, 4.69) is 15.0 Å². The number of fused-ring (bicyclic) bond motifs is 1. The van der Waals surface area contributed by atoms with Crippen molar-refractivity contribution in [2.24, 2.45) is 13.0 Å². The molecule has 4 heterocycles. The van der Waals surface area contributed by atoms with Gasteiger partial charge in [-0.05, 0) is 31.9 Å². The number of aromatic nitrogens is 4. The highest BCUT2D eigenvalue weighted by Crippen LogP contribution is 2.33. The van der Waals surface area contributed by atoms with Crippen molar-refractivity contribution in [3.63, 3.8) is 0 Å². The minimum atomic E-state index is -0.0140. The molecular weight excluding hydrogens is 322 g/mol. The summed E-state index contributed by atoms with van der Waals surface area (Å²) in [6.07, 6.45) is 3.59. The second-order valence-electron chi connectivity index (χ2n) is 6.22. The van der Waals surface area contributed by atoms with Crippen molar-refractivity contribution in [2.45, 2.75) is 19.8 Å². The number of anilines is 1. The summed E-state index contributed by atoms with van der Waals surface area (Å²) in [7, 11) is 1.92. The predicted molar refractivity (Wildman–Crippen MR) is 94.6 cm³/mol. The van der Waals surface area contributed by atoms with Gasteiger partial charge in [0.2, 0.25) is 0 Å². The third-order valence-electron chi connectivity index (χ3n) is 4.51. The van der Waals surface area contributed by atoms with E-state index in [1.165, 1.54) is 0 Å². The van der Waals surface area contributed by atoms with Crippen molar-refractivity contribution in [3.8, 4) is 0 Å². The average Bonchev–Trinajstić information content (AvgIpc) is 3.17. The molecule has 1 aliphatic rings. The van der Waals surface area contributed by atoms with Crippen LogP contribution in [0, 0.1) is 12.8 Å². The molecule has 0 unspecified atom stereocenters. The number of hydrogen-bond donors (Lipinski definition) is 0. The Kier molecular flexibility index (Phi) is 3.80. The Bertz CT molecular complexity index is 851. The highest BCUT2D eigenvalue weighted by atomic mass is 32.1. The quantitative estimate of drug-likeness (QED) is 0.686. The van der Waals surface area contributed by atoms with Crippen molar-refractivity contribution in [3.05, 3.63) is 35.8 Å². The molecule has 0 saturated carbocycles. The molecule has 6 nitrogen and oxygen atoms in total. The van der Waals surface area contributed by atoms with Crippen LogP contribution in [0.25, 0.3) is 10.3 Å². The Labute approximate surface area is 144 Å². The summed E-state index contributed by atoms with van der Waals surface area (Å²) in [4.78, 5) is 23.9. The molecule has 4 rings (SSSR count). The summed E-state index contributed by atoms with van der Waals surface area (Å²) in [5.41, 5.74) is 2.49. The molecule has 0 aliphatic carbocycles. The Balaban J connectivity index is 1.58. The molecule has 124 valence electrons. The van der Waals surface area contributed by atoms with Gasteiger partial charge in [0.25, 0.3) is 0 Å². The van der Waals surface area contributed by atoms with Gasteiger partial charge < -0.3 is 4.90 Å². The molecule has 0 amide bonds. The van der Waals surface area contributed by atoms with E-state index in [0.717, 1.165) is 40.6 Å². The van der Waals surface area contributed by atoms with Crippen LogP contribution >= 0.6 is 11.3 Å². The van der Waals surface area contributed by atoms with E-state index in [1.807, 2.05) is 30.8 Å². The summed E-state index contributed by atoms with van der Waals surface area (Å²) in [5, 5.41) is 5.39. The topological polar surface area (TPSA) is 63.9 Å². The maximum atomic E-state index is 12.7. The van der Waals surface area contributed by atoms with Gasteiger partial charge in [-0.25, -0.2) is 9.67 Å². The molecule has 0 bridgehead atoms. The normalized spacial score (nSPS) is 18.2. The van der Waals surface area contributed by atoms with Crippen LogP contribution in [-0.2, 0) is 7.05 Å². The van der Waals surface area contributed by atoms with Gasteiger partial charge in [0.05, 0.1) is 10.4 Å². The number of Topliss-reactive ketones (excluding diaryl/α,β-unsaturated/α-hetero) is 1. The second kappa shape index (κ2) is 5.98. The molecule has 0 N–H and O–H groups in total. The molecular formula is C17H19N5OS. The Morgan fingerprint density at radius 1 is 1.38 bits per heavy atom. The molecule has 1 fully saturated rings. The first-order valence-electron chi connectivity index (χ1n) is 8.14. The van der Waals surface area contributed by atoms with Crippen LogP contribution in [0.5, 0.6) is 0 Å². The maximum Gasteiger partial charge on any atom is 0.188 e. The second-order valence-corrected chi connectivity index (χ2v) is 7.20. The smallest absolute Gasteiger partial charge is 0.188 e. The standard InChI is InChI=1S/C17H19N5OS/c1-11-15-16(21(2)20-11)19-17(24-15)22-9-5-6-12(10-22)14(23)13-7-3-4-8-18-13/h3-4,7-8,12H,5-6,9-10H2,1-2H3/t12-/m0/s1. The monoisotopic (exact) mass is 341 g/mol. The fourth-order valence-corrected chi connectivity index (χ4v) is 4.36. The number of aryl methyl sites for hydroxylation is 2. The fourth-order valence-electron chi connectivity index (χ4n) is 3.29. The molecule has 0 radical (unpaired) electrons. The minimum absolute atomic E-state index is 0.0140. The van der Waals surface area contributed by atoms with Gasteiger partial charge >= 0.3 is 0 Å². The molecule has 24 heavy (non-hydrogen) atoms. The molecule has 0 spiro atoms. The molecule has 3 aromatic heterocycles. The van der Waals surface area contributed by atoms with Crippen molar-refractivity contribution < 1.29 is 4.79 Å². The molecule has 0 aromatic carbocycles. The van der Waals surface area contributed by atoms with Crippen molar-refractivity contribution in [2.75, 3.05) is 18.0 Å². The van der Waals surface area contributed by atoms with Crippen LogP contribution in [0.3, 0.4) is 0 Å². The molecule has 1 aliphatic heterocycles. The third kappa shape index (κ3) is 2.58. The van der Waals surface area contributed by atoms with Gasteiger partial charge in [0.15, 0.2) is 16.6 Å². The summed E-state index contributed by atoms with van der Waals surface area (Å²) in [6, 6.07) is 5.50. The van der Waals surface area contributed by atoms with E-state index in [9.17, 15) is 4.79 Å². The summed E-state index contributed by atoms with van der Waals surface area (Å²) in [6.45, 7) is 3.66. The Hall–Kier alpha value is -2.28. The zero-order chi connectivity index (χ0) is 16.7. The number of piperidine rings is 1. The lowest BCUT2D eigenvalue weighted by molar-refractivity contribution is 0.0902.